The number of ketones is 1. The maximum atomic E-state index is 15.0. The highest BCUT2D eigenvalue weighted by atomic mass is 32.2. The van der Waals surface area contributed by atoms with Crippen LogP contribution in [-0.4, -0.2) is 66.3 Å². The number of fused-ring (bicyclic) bond motifs is 3. The predicted molar refractivity (Wildman–Crippen MR) is 143 cm³/mol. The van der Waals surface area contributed by atoms with Gasteiger partial charge < -0.3 is 0 Å². The summed E-state index contributed by atoms with van der Waals surface area (Å²) in [5.41, 5.74) is -7.47. The Kier molecular flexibility index (Phi) is 7.82. The number of hydrogen-bond donors (Lipinski definition) is 1. The van der Waals surface area contributed by atoms with Crippen molar-refractivity contribution in [2.75, 3.05) is 24.6 Å². The molecule has 0 amide bonds. The van der Waals surface area contributed by atoms with Crippen molar-refractivity contribution in [3.63, 3.8) is 0 Å². The van der Waals surface area contributed by atoms with E-state index >= 15 is 0 Å². The Bertz CT molecular complexity index is 1600. The normalized spacial score (nSPS) is 28.7. The van der Waals surface area contributed by atoms with Crippen molar-refractivity contribution in [1.29, 1.82) is 4.78 Å². The van der Waals surface area contributed by atoms with E-state index in [4.69, 9.17) is 4.78 Å². The molecule has 15 heteroatoms. The highest BCUT2D eigenvalue weighted by Gasteiger charge is 2.73. The van der Waals surface area contributed by atoms with Crippen LogP contribution in [0.3, 0.4) is 0 Å². The first-order valence-electron chi connectivity index (χ1n) is 13.6. The second-order valence-corrected chi connectivity index (χ2v) is 16.1. The number of carbonyl (C=O) groups is 1. The summed E-state index contributed by atoms with van der Waals surface area (Å²) in [7, 11) is -7.08. The van der Waals surface area contributed by atoms with Crippen molar-refractivity contribution in [3.05, 3.63) is 65.2 Å². The molecule has 2 saturated heterocycles. The SMILES string of the molecule is N=S1(=O)CCC(C(=O)CN2CCC3(S(=O)(=O)c4ccccc4)c4ccc(C(F)(C(F)(F)F)C(F)(F)F)cc4CCC23)CC1. The standard InChI is InChI=1S/C28H29F7N2O4S2/c29-26(27(30,31)32,28(33,34)35)20-7-8-22-19(16-20)6-9-24-25(22,43(40,41)21-4-2-1-3-5-21)12-13-37(24)17-23(38)18-10-14-42(36,39)15-11-18/h1-5,7-8,16,18,24,36H,6,9-15,17H2. The summed E-state index contributed by atoms with van der Waals surface area (Å²) in [5, 5.41) is 0. The lowest BCUT2D eigenvalue weighted by Crippen LogP contribution is -2.53. The van der Waals surface area contributed by atoms with E-state index in [-0.39, 0.29) is 78.5 Å². The first-order valence-corrected chi connectivity index (χ1v) is 17.0. The number of nitrogens with zero attached hydrogens (tertiary/aromatic N) is 1. The molecule has 3 aliphatic rings. The molecule has 5 rings (SSSR count). The fourth-order valence-corrected chi connectivity index (χ4v) is 10.8. The average molecular weight is 655 g/mol. The van der Waals surface area contributed by atoms with Crippen LogP contribution in [0.5, 0.6) is 0 Å². The Morgan fingerprint density at radius 3 is 2.14 bits per heavy atom. The maximum Gasteiger partial charge on any atom is 0.435 e. The quantitative estimate of drug-likeness (QED) is 0.404. The van der Waals surface area contributed by atoms with Crippen LogP contribution < -0.4 is 0 Å². The fraction of sp³-hybridized carbons (Fsp3) is 0.536. The lowest BCUT2D eigenvalue weighted by Gasteiger charge is -2.43. The van der Waals surface area contributed by atoms with Gasteiger partial charge >= 0.3 is 18.0 Å². The summed E-state index contributed by atoms with van der Waals surface area (Å²) >= 11 is 0. The van der Waals surface area contributed by atoms with Crippen molar-refractivity contribution < 1.29 is 48.2 Å². The van der Waals surface area contributed by atoms with E-state index in [2.05, 4.69) is 0 Å². The number of Topliss-reactive ketones (excluding diaryl/α,β-unsaturated/α-hetero) is 1. The average Bonchev–Trinajstić information content (AvgIpc) is 3.31. The van der Waals surface area contributed by atoms with Gasteiger partial charge in [0.2, 0.25) is 0 Å². The van der Waals surface area contributed by atoms with Crippen molar-refractivity contribution in [2.24, 2.45) is 5.92 Å². The number of rotatable bonds is 6. The molecule has 43 heavy (non-hydrogen) atoms. The number of halogens is 7. The van der Waals surface area contributed by atoms with Crippen LogP contribution in [0.1, 0.15) is 42.4 Å². The molecule has 1 N–H and O–H groups in total. The molecule has 0 spiro atoms. The number of benzene rings is 2. The largest absolute Gasteiger partial charge is 0.435 e. The van der Waals surface area contributed by atoms with Crippen molar-refractivity contribution in [3.8, 4) is 0 Å². The number of hydrogen-bond acceptors (Lipinski definition) is 6. The first-order chi connectivity index (χ1) is 19.8. The number of aryl methyl sites for hydroxylation is 1. The van der Waals surface area contributed by atoms with Crippen LogP contribution in [0.2, 0.25) is 0 Å². The monoisotopic (exact) mass is 654 g/mol. The molecule has 6 nitrogen and oxygen atoms in total. The maximum absolute atomic E-state index is 15.0. The summed E-state index contributed by atoms with van der Waals surface area (Å²) in [6, 6.07) is 8.10. The molecule has 2 aromatic carbocycles. The molecule has 0 saturated carbocycles. The Hall–Kier alpha value is -2.52. The van der Waals surface area contributed by atoms with Crippen LogP contribution in [0, 0.1) is 10.7 Å². The summed E-state index contributed by atoms with van der Waals surface area (Å²) < 4.78 is 143. The van der Waals surface area contributed by atoms with E-state index in [9.17, 15) is 48.2 Å². The molecule has 2 unspecified atom stereocenters. The molecule has 2 atom stereocenters. The predicted octanol–water partition coefficient (Wildman–Crippen LogP) is 5.69. The third-order valence-corrected chi connectivity index (χ3v) is 13.5. The Morgan fingerprint density at radius 2 is 1.56 bits per heavy atom. The van der Waals surface area contributed by atoms with Crippen molar-refractivity contribution in [2.45, 2.75) is 65.8 Å². The summed E-state index contributed by atoms with van der Waals surface area (Å²) in [6.45, 7) is -0.0482. The smallest absolute Gasteiger partial charge is 0.298 e. The van der Waals surface area contributed by atoms with Gasteiger partial charge in [-0.2, -0.15) is 26.3 Å². The minimum atomic E-state index is -6.32. The molecule has 0 bridgehead atoms. The van der Waals surface area contributed by atoms with Crippen molar-refractivity contribution >= 4 is 25.3 Å². The third kappa shape index (κ3) is 5.08. The van der Waals surface area contributed by atoms with E-state index in [0.717, 1.165) is 6.07 Å². The van der Waals surface area contributed by atoms with Gasteiger partial charge in [0.15, 0.2) is 9.84 Å². The molecule has 2 heterocycles. The molecule has 0 radical (unpaired) electrons. The lowest BCUT2D eigenvalue weighted by molar-refractivity contribution is -0.348. The van der Waals surface area contributed by atoms with Gasteiger partial charge in [0.05, 0.1) is 11.4 Å². The number of likely N-dealkylation sites (tertiary alicyclic amines) is 1. The van der Waals surface area contributed by atoms with Gasteiger partial charge in [-0.15, -0.1) is 0 Å². The molecule has 236 valence electrons. The van der Waals surface area contributed by atoms with E-state index < -0.39 is 59.9 Å². The summed E-state index contributed by atoms with van der Waals surface area (Å²) in [5.74, 6) is -0.496. The van der Waals surface area contributed by atoms with Gasteiger partial charge in [0.1, 0.15) is 10.5 Å². The van der Waals surface area contributed by atoms with Gasteiger partial charge in [-0.1, -0.05) is 36.4 Å². The van der Waals surface area contributed by atoms with E-state index in [1.807, 2.05) is 0 Å². The van der Waals surface area contributed by atoms with Crippen molar-refractivity contribution in [1.82, 2.24) is 4.90 Å². The molecule has 2 fully saturated rings. The summed E-state index contributed by atoms with van der Waals surface area (Å²) in [4.78, 5) is 14.8. The van der Waals surface area contributed by atoms with Crippen LogP contribution >= 0.6 is 0 Å². The third-order valence-electron chi connectivity index (χ3n) is 9.12. The Balaban J connectivity index is 1.59. The van der Waals surface area contributed by atoms with Crippen LogP contribution in [0.25, 0.3) is 0 Å². The van der Waals surface area contributed by atoms with E-state index in [1.165, 1.54) is 24.3 Å². The number of alkyl halides is 7. The van der Waals surface area contributed by atoms with Gasteiger partial charge in [0, 0.05) is 45.3 Å². The number of carbonyl (C=O) groups excluding carboxylic acids is 1. The van der Waals surface area contributed by atoms with Gasteiger partial charge in [-0.25, -0.2) is 17.0 Å². The Labute approximate surface area is 244 Å². The second kappa shape index (κ2) is 10.5. The highest BCUT2D eigenvalue weighted by Crippen LogP contribution is 2.56. The summed E-state index contributed by atoms with van der Waals surface area (Å²) in [6.07, 6.45) is -12.4. The molecule has 2 aliphatic heterocycles. The van der Waals surface area contributed by atoms with E-state index in [1.54, 1.807) is 11.0 Å². The first kappa shape index (κ1) is 31.9. The van der Waals surface area contributed by atoms with Gasteiger partial charge in [-0.05, 0) is 55.4 Å². The zero-order chi connectivity index (χ0) is 31.6. The van der Waals surface area contributed by atoms with Crippen LogP contribution in [0.15, 0.2) is 53.4 Å². The zero-order valence-corrected chi connectivity index (χ0v) is 24.3. The minimum absolute atomic E-state index is 0.00962. The Morgan fingerprint density at radius 1 is 0.953 bits per heavy atom. The molecule has 1 aliphatic carbocycles. The molecular weight excluding hydrogens is 625 g/mol. The highest BCUT2D eigenvalue weighted by molar-refractivity contribution is 7.92. The topological polar surface area (TPSA) is 95.4 Å². The zero-order valence-electron chi connectivity index (χ0n) is 22.7. The van der Waals surface area contributed by atoms with E-state index in [0.29, 0.717) is 12.1 Å². The number of nitrogens with one attached hydrogen (secondary N) is 1. The second-order valence-electron chi connectivity index (χ2n) is 11.5. The number of sulfone groups is 1. The molecular formula is C28H29F7N2O4S2. The molecule has 2 aromatic rings. The minimum Gasteiger partial charge on any atom is -0.298 e. The van der Waals surface area contributed by atoms with Crippen LogP contribution in [0.4, 0.5) is 30.7 Å². The molecule has 0 aromatic heterocycles. The van der Waals surface area contributed by atoms with Crippen LogP contribution in [-0.2, 0) is 41.2 Å². The fourth-order valence-electron chi connectivity index (χ4n) is 6.89. The van der Waals surface area contributed by atoms with Gasteiger partial charge in [-0.3, -0.25) is 14.5 Å². The lowest BCUT2D eigenvalue weighted by atomic mass is 9.76. The van der Waals surface area contributed by atoms with Gasteiger partial charge in [0.25, 0.3) is 0 Å².